The minimum Gasteiger partial charge on any atom is -0.338 e. The first-order valence-electron chi connectivity index (χ1n) is 7.45. The van der Waals surface area contributed by atoms with E-state index < -0.39 is 0 Å². The average Bonchev–Trinajstić information content (AvgIpc) is 2.80. The van der Waals surface area contributed by atoms with Crippen molar-refractivity contribution in [1.82, 2.24) is 9.47 Å². The van der Waals surface area contributed by atoms with Crippen molar-refractivity contribution in [3.63, 3.8) is 0 Å². The van der Waals surface area contributed by atoms with E-state index in [0.717, 1.165) is 17.1 Å². The zero-order chi connectivity index (χ0) is 17.1. The Hall–Kier alpha value is -2.25. The predicted octanol–water partition coefficient (Wildman–Crippen LogP) is 4.12. The Bertz CT molecular complexity index is 773. The maximum absolute atomic E-state index is 12.7. The standard InChI is InChI=1S/C18H20ClN3O/c1-12(8-9-20)21(4)18(23)17-10-13(2)22(14(17)3)16-7-5-6-15(19)11-16/h5-7,10-12H,8H2,1-4H3. The van der Waals surface area contributed by atoms with Gasteiger partial charge in [-0.25, -0.2) is 0 Å². The summed E-state index contributed by atoms with van der Waals surface area (Å²) >= 11 is 6.08. The van der Waals surface area contributed by atoms with Crippen LogP contribution in [0.3, 0.4) is 0 Å². The molecule has 0 bridgehead atoms. The highest BCUT2D eigenvalue weighted by molar-refractivity contribution is 6.30. The lowest BCUT2D eigenvalue weighted by Crippen LogP contribution is -2.35. The van der Waals surface area contributed by atoms with Gasteiger partial charge in [-0.2, -0.15) is 5.26 Å². The summed E-state index contributed by atoms with van der Waals surface area (Å²) in [6.07, 6.45) is 0.315. The molecular weight excluding hydrogens is 310 g/mol. The molecule has 0 aliphatic rings. The van der Waals surface area contributed by atoms with Crippen LogP contribution < -0.4 is 0 Å². The van der Waals surface area contributed by atoms with Crippen LogP contribution in [0.1, 0.15) is 35.1 Å². The molecule has 0 aliphatic carbocycles. The maximum atomic E-state index is 12.7. The minimum absolute atomic E-state index is 0.0749. The van der Waals surface area contributed by atoms with Crippen LogP contribution in [0.5, 0.6) is 0 Å². The topological polar surface area (TPSA) is 49.0 Å². The number of carbonyl (C=O) groups is 1. The third-order valence-corrected chi connectivity index (χ3v) is 4.33. The second kappa shape index (κ2) is 6.89. The highest BCUT2D eigenvalue weighted by atomic mass is 35.5. The van der Waals surface area contributed by atoms with Crippen LogP contribution in [0.25, 0.3) is 5.69 Å². The third-order valence-electron chi connectivity index (χ3n) is 4.10. The van der Waals surface area contributed by atoms with E-state index in [0.29, 0.717) is 17.0 Å². The number of nitrogens with zero attached hydrogens (tertiary/aromatic N) is 3. The van der Waals surface area contributed by atoms with E-state index in [-0.39, 0.29) is 11.9 Å². The Morgan fingerprint density at radius 2 is 2.09 bits per heavy atom. The molecule has 0 N–H and O–H groups in total. The fraction of sp³-hybridized carbons (Fsp3) is 0.333. The molecule has 0 aliphatic heterocycles. The van der Waals surface area contributed by atoms with Gasteiger partial charge in [0.1, 0.15) is 0 Å². The molecule has 1 unspecified atom stereocenters. The molecule has 2 aromatic rings. The van der Waals surface area contributed by atoms with Crippen LogP contribution in [0.2, 0.25) is 5.02 Å². The molecular formula is C18H20ClN3O. The number of aromatic nitrogens is 1. The number of benzene rings is 1. The van der Waals surface area contributed by atoms with Crippen molar-refractivity contribution >= 4 is 17.5 Å². The Kier molecular flexibility index (Phi) is 5.12. The zero-order valence-electron chi connectivity index (χ0n) is 13.8. The molecule has 0 radical (unpaired) electrons. The van der Waals surface area contributed by atoms with Crippen LogP contribution in [0.15, 0.2) is 30.3 Å². The fourth-order valence-electron chi connectivity index (χ4n) is 2.65. The molecule has 2 rings (SSSR count). The number of hydrogen-bond donors (Lipinski definition) is 0. The van der Waals surface area contributed by atoms with E-state index in [2.05, 4.69) is 6.07 Å². The van der Waals surface area contributed by atoms with Gasteiger partial charge in [0.25, 0.3) is 5.91 Å². The summed E-state index contributed by atoms with van der Waals surface area (Å²) in [6, 6.07) is 11.4. The predicted molar refractivity (Wildman–Crippen MR) is 92.0 cm³/mol. The number of halogens is 1. The van der Waals surface area contributed by atoms with Crippen LogP contribution >= 0.6 is 11.6 Å². The van der Waals surface area contributed by atoms with Crippen molar-refractivity contribution in [2.24, 2.45) is 0 Å². The monoisotopic (exact) mass is 329 g/mol. The highest BCUT2D eigenvalue weighted by Gasteiger charge is 2.22. The van der Waals surface area contributed by atoms with E-state index in [1.165, 1.54) is 0 Å². The number of amides is 1. The summed E-state index contributed by atoms with van der Waals surface area (Å²) in [7, 11) is 1.73. The highest BCUT2D eigenvalue weighted by Crippen LogP contribution is 2.24. The van der Waals surface area contributed by atoms with Gasteiger partial charge in [-0.1, -0.05) is 17.7 Å². The van der Waals surface area contributed by atoms with Gasteiger partial charge < -0.3 is 9.47 Å². The van der Waals surface area contributed by atoms with Gasteiger partial charge in [0.2, 0.25) is 0 Å². The van der Waals surface area contributed by atoms with Crippen LogP contribution in [0.4, 0.5) is 0 Å². The number of carbonyl (C=O) groups excluding carboxylic acids is 1. The van der Waals surface area contributed by atoms with Crippen molar-refractivity contribution in [3.05, 3.63) is 52.3 Å². The van der Waals surface area contributed by atoms with Crippen molar-refractivity contribution in [2.45, 2.75) is 33.2 Å². The van der Waals surface area contributed by atoms with Crippen LogP contribution in [-0.2, 0) is 0 Å². The minimum atomic E-state index is -0.123. The normalized spacial score (nSPS) is 11.8. The van der Waals surface area contributed by atoms with E-state index in [4.69, 9.17) is 16.9 Å². The molecule has 0 saturated carbocycles. The number of hydrogen-bond acceptors (Lipinski definition) is 2. The molecule has 1 atom stereocenters. The number of rotatable bonds is 4. The molecule has 1 amide bonds. The summed E-state index contributed by atoms with van der Waals surface area (Å²) in [5.41, 5.74) is 3.41. The van der Waals surface area contributed by atoms with Crippen molar-refractivity contribution in [1.29, 1.82) is 5.26 Å². The van der Waals surface area contributed by atoms with Crippen molar-refractivity contribution < 1.29 is 4.79 Å². The van der Waals surface area contributed by atoms with Gasteiger partial charge >= 0.3 is 0 Å². The van der Waals surface area contributed by atoms with Gasteiger partial charge in [0.05, 0.1) is 18.1 Å². The quantitative estimate of drug-likeness (QED) is 0.847. The SMILES string of the molecule is Cc1cc(C(=O)N(C)C(C)CC#N)c(C)n1-c1cccc(Cl)c1. The third kappa shape index (κ3) is 3.40. The Balaban J connectivity index is 2.42. The maximum Gasteiger partial charge on any atom is 0.255 e. The number of aryl methyl sites for hydroxylation is 1. The summed E-state index contributed by atoms with van der Waals surface area (Å²) in [5.74, 6) is -0.0749. The molecule has 4 nitrogen and oxygen atoms in total. The largest absolute Gasteiger partial charge is 0.338 e. The molecule has 0 spiro atoms. The lowest BCUT2D eigenvalue weighted by Gasteiger charge is -2.23. The fourth-order valence-corrected chi connectivity index (χ4v) is 2.84. The van der Waals surface area contributed by atoms with Crippen molar-refractivity contribution in [3.8, 4) is 11.8 Å². The smallest absolute Gasteiger partial charge is 0.255 e. The van der Waals surface area contributed by atoms with E-state index in [1.807, 2.05) is 55.7 Å². The lowest BCUT2D eigenvalue weighted by molar-refractivity contribution is 0.0745. The van der Waals surface area contributed by atoms with Gasteiger partial charge in [0.15, 0.2) is 0 Å². The first-order valence-corrected chi connectivity index (χ1v) is 7.83. The lowest BCUT2D eigenvalue weighted by atomic mass is 10.1. The Labute approximate surface area is 141 Å². The van der Waals surface area contributed by atoms with Crippen LogP contribution in [0, 0.1) is 25.2 Å². The van der Waals surface area contributed by atoms with E-state index in [1.54, 1.807) is 11.9 Å². The Morgan fingerprint density at radius 1 is 1.39 bits per heavy atom. The first kappa shape index (κ1) is 17.1. The number of nitriles is 1. The molecule has 120 valence electrons. The molecule has 1 aromatic heterocycles. The second-order valence-electron chi connectivity index (χ2n) is 5.73. The second-order valence-corrected chi connectivity index (χ2v) is 6.16. The van der Waals surface area contributed by atoms with Gasteiger partial charge in [-0.3, -0.25) is 4.79 Å². The molecule has 0 fully saturated rings. The molecule has 23 heavy (non-hydrogen) atoms. The average molecular weight is 330 g/mol. The summed E-state index contributed by atoms with van der Waals surface area (Å²) < 4.78 is 2.02. The molecule has 0 saturated heterocycles. The zero-order valence-corrected chi connectivity index (χ0v) is 14.6. The van der Waals surface area contributed by atoms with Gasteiger partial charge in [-0.15, -0.1) is 0 Å². The van der Waals surface area contributed by atoms with E-state index in [9.17, 15) is 4.79 Å². The molecule has 1 heterocycles. The summed E-state index contributed by atoms with van der Waals surface area (Å²) in [5, 5.41) is 9.47. The molecule has 1 aromatic carbocycles. The Morgan fingerprint density at radius 3 is 2.70 bits per heavy atom. The molecule has 5 heteroatoms. The van der Waals surface area contributed by atoms with Gasteiger partial charge in [0, 0.05) is 35.2 Å². The van der Waals surface area contributed by atoms with Crippen LogP contribution in [-0.4, -0.2) is 28.5 Å². The van der Waals surface area contributed by atoms with E-state index >= 15 is 0 Å². The first-order chi connectivity index (χ1) is 10.9. The summed E-state index contributed by atoms with van der Waals surface area (Å²) in [6.45, 7) is 5.75. The summed E-state index contributed by atoms with van der Waals surface area (Å²) in [4.78, 5) is 14.3. The van der Waals surface area contributed by atoms with Gasteiger partial charge in [-0.05, 0) is 45.0 Å². The van der Waals surface area contributed by atoms with Crippen molar-refractivity contribution in [2.75, 3.05) is 7.05 Å².